The number of anilines is 1. The van der Waals surface area contributed by atoms with E-state index in [1.807, 2.05) is 0 Å². The van der Waals surface area contributed by atoms with Crippen molar-refractivity contribution < 1.29 is 26.7 Å². The normalized spacial score (nSPS) is 16.8. The van der Waals surface area contributed by atoms with Gasteiger partial charge in [0.1, 0.15) is 5.69 Å². The molecule has 0 unspecified atom stereocenters. The molecule has 0 saturated heterocycles. The van der Waals surface area contributed by atoms with E-state index in [9.17, 15) is 26.7 Å². The van der Waals surface area contributed by atoms with Gasteiger partial charge in [0.05, 0.1) is 11.3 Å². The minimum absolute atomic E-state index is 0.0268. The molecule has 0 spiro atoms. The van der Waals surface area contributed by atoms with Crippen molar-refractivity contribution in [3.05, 3.63) is 40.4 Å². The van der Waals surface area contributed by atoms with E-state index in [0.717, 1.165) is 0 Å². The molecule has 0 atom stereocenters. The first-order valence-electron chi connectivity index (χ1n) is 6.39. The largest absolute Gasteiger partial charge is 0.380 e. The first-order valence-corrected chi connectivity index (χ1v) is 6.39. The molecule has 0 aliphatic carbocycles. The maximum atomic E-state index is 13.8. The monoisotopic (exact) mass is 333 g/mol. The summed E-state index contributed by atoms with van der Waals surface area (Å²) in [5, 5.41) is 3.83. The molecular formula is C14H12F5N3O. The number of hydrogen-bond donors (Lipinski definition) is 0. The summed E-state index contributed by atoms with van der Waals surface area (Å²) in [5.74, 6) is -11.8. The zero-order chi connectivity index (χ0) is 17.6. The Morgan fingerprint density at radius 3 is 1.83 bits per heavy atom. The van der Waals surface area contributed by atoms with Crippen molar-refractivity contribution in [3.63, 3.8) is 0 Å². The maximum absolute atomic E-state index is 13.8. The number of rotatable bonds is 2. The highest BCUT2D eigenvalue weighted by Gasteiger charge is 2.38. The molecule has 0 aromatic heterocycles. The van der Waals surface area contributed by atoms with E-state index >= 15 is 0 Å². The smallest absolute Gasteiger partial charge is 0.282 e. The van der Waals surface area contributed by atoms with Crippen molar-refractivity contribution in [2.45, 2.75) is 13.8 Å². The summed E-state index contributed by atoms with van der Waals surface area (Å²) in [4.78, 5) is 13.9. The van der Waals surface area contributed by atoms with Crippen LogP contribution >= 0.6 is 0 Å². The SMILES string of the molecule is CC1=NN(c2c(F)c(F)c(F)c(F)c2F)C(=O)/C1=C(\C)N(C)C. The van der Waals surface area contributed by atoms with Gasteiger partial charge in [-0.3, -0.25) is 4.79 Å². The average Bonchev–Trinajstić information content (AvgIpc) is 2.77. The van der Waals surface area contributed by atoms with E-state index in [0.29, 0.717) is 5.70 Å². The molecule has 0 saturated carbocycles. The predicted octanol–water partition coefficient (Wildman–Crippen LogP) is 2.94. The number of benzene rings is 1. The van der Waals surface area contributed by atoms with Gasteiger partial charge in [-0.15, -0.1) is 0 Å². The van der Waals surface area contributed by atoms with E-state index < -0.39 is 40.7 Å². The summed E-state index contributed by atoms with van der Waals surface area (Å²) >= 11 is 0. The maximum Gasteiger partial charge on any atom is 0.282 e. The highest BCUT2D eigenvalue weighted by Crippen LogP contribution is 2.34. The third-order valence-electron chi connectivity index (χ3n) is 3.45. The lowest BCUT2D eigenvalue weighted by Gasteiger charge is -2.17. The zero-order valence-electron chi connectivity index (χ0n) is 12.6. The van der Waals surface area contributed by atoms with Gasteiger partial charge in [-0.05, 0) is 13.8 Å². The molecule has 1 heterocycles. The molecule has 0 radical (unpaired) electrons. The van der Waals surface area contributed by atoms with Crippen LogP contribution in [0.25, 0.3) is 0 Å². The Hall–Kier alpha value is -2.45. The van der Waals surface area contributed by atoms with E-state index in [1.165, 1.54) is 6.92 Å². The molecular weight excluding hydrogens is 321 g/mol. The summed E-state index contributed by atoms with van der Waals surface area (Å²) in [6, 6.07) is 0. The minimum Gasteiger partial charge on any atom is -0.380 e. The number of hydrazone groups is 1. The Balaban J connectivity index is 2.68. The molecule has 0 N–H and O–H groups in total. The lowest BCUT2D eigenvalue weighted by Crippen LogP contribution is -2.27. The average molecular weight is 333 g/mol. The quantitative estimate of drug-likeness (QED) is 0.361. The van der Waals surface area contributed by atoms with Gasteiger partial charge in [0.2, 0.25) is 5.82 Å². The van der Waals surface area contributed by atoms with Gasteiger partial charge in [-0.1, -0.05) is 0 Å². The van der Waals surface area contributed by atoms with Gasteiger partial charge in [0, 0.05) is 19.8 Å². The minimum atomic E-state index is -2.30. The summed E-state index contributed by atoms with van der Waals surface area (Å²) in [7, 11) is 3.26. The second kappa shape index (κ2) is 5.64. The molecule has 1 amide bonds. The first-order chi connectivity index (χ1) is 10.6. The van der Waals surface area contributed by atoms with Crippen LogP contribution in [0, 0.1) is 29.1 Å². The van der Waals surface area contributed by atoms with Crippen molar-refractivity contribution in [2.75, 3.05) is 19.1 Å². The molecule has 1 aliphatic rings. The third-order valence-corrected chi connectivity index (χ3v) is 3.45. The number of allylic oxidation sites excluding steroid dienone is 1. The van der Waals surface area contributed by atoms with Crippen LogP contribution in [-0.4, -0.2) is 30.6 Å². The number of hydrogen-bond acceptors (Lipinski definition) is 3. The van der Waals surface area contributed by atoms with Crippen molar-refractivity contribution in [1.82, 2.24) is 4.90 Å². The molecule has 23 heavy (non-hydrogen) atoms. The number of nitrogens with zero attached hydrogens (tertiary/aromatic N) is 3. The Morgan fingerprint density at radius 2 is 1.39 bits per heavy atom. The van der Waals surface area contributed by atoms with Crippen LogP contribution in [0.4, 0.5) is 27.6 Å². The fourth-order valence-corrected chi connectivity index (χ4v) is 2.08. The molecule has 1 aromatic carbocycles. The highest BCUT2D eigenvalue weighted by atomic mass is 19.2. The van der Waals surface area contributed by atoms with E-state index in [1.54, 1.807) is 25.9 Å². The third kappa shape index (κ3) is 2.45. The number of amides is 1. The Morgan fingerprint density at radius 1 is 0.957 bits per heavy atom. The molecule has 9 heteroatoms. The predicted molar refractivity (Wildman–Crippen MR) is 73.2 cm³/mol. The van der Waals surface area contributed by atoms with Crippen LogP contribution < -0.4 is 5.01 Å². The second-order valence-electron chi connectivity index (χ2n) is 5.08. The Labute approximate surface area is 128 Å². The van der Waals surface area contributed by atoms with Gasteiger partial charge in [-0.25, -0.2) is 22.0 Å². The molecule has 2 rings (SSSR count). The molecule has 1 aliphatic heterocycles. The number of carbonyl (C=O) groups excluding carboxylic acids is 1. The van der Waals surface area contributed by atoms with Crippen LogP contribution in [0.5, 0.6) is 0 Å². The highest BCUT2D eigenvalue weighted by molar-refractivity contribution is 6.30. The summed E-state index contributed by atoms with van der Waals surface area (Å²) < 4.78 is 67.3. The Bertz CT molecular complexity index is 741. The van der Waals surface area contributed by atoms with Crippen molar-refractivity contribution in [1.29, 1.82) is 0 Å². The van der Waals surface area contributed by atoms with Gasteiger partial charge in [0.15, 0.2) is 23.3 Å². The van der Waals surface area contributed by atoms with Crippen LogP contribution in [0.1, 0.15) is 13.8 Å². The first kappa shape index (κ1) is 16.9. The summed E-state index contributed by atoms with van der Waals surface area (Å²) in [6.07, 6.45) is 0. The zero-order valence-corrected chi connectivity index (χ0v) is 12.6. The number of halogens is 5. The van der Waals surface area contributed by atoms with Crippen LogP contribution in [0.3, 0.4) is 0 Å². The summed E-state index contributed by atoms with van der Waals surface area (Å²) in [5.41, 5.74) is -0.834. The van der Waals surface area contributed by atoms with Gasteiger partial charge in [0.25, 0.3) is 5.91 Å². The second-order valence-corrected chi connectivity index (χ2v) is 5.08. The van der Waals surface area contributed by atoms with Crippen LogP contribution in [-0.2, 0) is 4.79 Å². The van der Waals surface area contributed by atoms with E-state index in [2.05, 4.69) is 5.10 Å². The molecule has 4 nitrogen and oxygen atoms in total. The lowest BCUT2D eigenvalue weighted by atomic mass is 10.1. The van der Waals surface area contributed by atoms with Crippen molar-refractivity contribution >= 4 is 17.3 Å². The topological polar surface area (TPSA) is 35.9 Å². The van der Waals surface area contributed by atoms with Crippen molar-refractivity contribution in [3.8, 4) is 0 Å². The fourth-order valence-electron chi connectivity index (χ4n) is 2.08. The van der Waals surface area contributed by atoms with Crippen LogP contribution in [0.2, 0.25) is 0 Å². The molecule has 124 valence electrons. The fraction of sp³-hybridized carbons (Fsp3) is 0.286. The van der Waals surface area contributed by atoms with Gasteiger partial charge in [-0.2, -0.15) is 10.1 Å². The van der Waals surface area contributed by atoms with Gasteiger partial charge >= 0.3 is 0 Å². The Kier molecular flexibility index (Phi) is 4.14. The van der Waals surface area contributed by atoms with E-state index in [-0.39, 0.29) is 16.3 Å². The molecule has 0 bridgehead atoms. The standard InChI is InChI=1S/C14H12F5N3O/c1-5-7(6(2)21(3)4)14(23)22(20-5)13-11(18)9(16)8(15)10(17)12(13)19/h1-4H3/b7-6+. The van der Waals surface area contributed by atoms with Gasteiger partial charge < -0.3 is 4.90 Å². The summed E-state index contributed by atoms with van der Waals surface area (Å²) in [6.45, 7) is 2.96. The molecule has 0 fully saturated rings. The lowest BCUT2D eigenvalue weighted by molar-refractivity contribution is -0.114. The van der Waals surface area contributed by atoms with E-state index in [4.69, 9.17) is 0 Å². The van der Waals surface area contributed by atoms with Crippen LogP contribution in [0.15, 0.2) is 16.4 Å². The number of carbonyl (C=O) groups is 1. The molecule has 1 aromatic rings. The van der Waals surface area contributed by atoms with Crippen molar-refractivity contribution in [2.24, 2.45) is 5.10 Å².